The number of nitrogens with zero attached hydrogens (tertiary/aromatic N) is 1. The van der Waals surface area contributed by atoms with E-state index in [1.54, 1.807) is 4.31 Å². The molecule has 0 aliphatic heterocycles. The van der Waals surface area contributed by atoms with Gasteiger partial charge in [-0.1, -0.05) is 45.4 Å². The SMILES string of the molecule is CCN(C1(CN)CCCCC1)S(=O)(=O)CC1CCCCC1. The van der Waals surface area contributed by atoms with Gasteiger partial charge in [-0.3, -0.25) is 0 Å². The van der Waals surface area contributed by atoms with Gasteiger partial charge in [-0.15, -0.1) is 0 Å². The van der Waals surface area contributed by atoms with E-state index in [2.05, 4.69) is 0 Å². The van der Waals surface area contributed by atoms with Crippen LogP contribution in [0.4, 0.5) is 0 Å². The number of rotatable bonds is 6. The molecule has 2 aliphatic carbocycles. The molecule has 2 aliphatic rings. The van der Waals surface area contributed by atoms with Crippen molar-refractivity contribution in [2.24, 2.45) is 11.7 Å². The predicted octanol–water partition coefficient (Wildman–Crippen LogP) is 2.88. The van der Waals surface area contributed by atoms with Crippen LogP contribution in [-0.4, -0.2) is 37.1 Å². The molecule has 0 saturated heterocycles. The second-order valence-corrected chi connectivity index (χ2v) is 8.87. The summed E-state index contributed by atoms with van der Waals surface area (Å²) in [6, 6.07) is 0. The highest BCUT2D eigenvalue weighted by Gasteiger charge is 2.42. The Balaban J connectivity index is 2.13. The maximum absolute atomic E-state index is 13.0. The topological polar surface area (TPSA) is 63.4 Å². The first kappa shape index (κ1) is 17.2. The first-order chi connectivity index (χ1) is 10.0. The van der Waals surface area contributed by atoms with Gasteiger partial charge >= 0.3 is 0 Å². The van der Waals surface area contributed by atoms with Gasteiger partial charge in [0.1, 0.15) is 0 Å². The Kier molecular flexibility index (Phi) is 6.09. The average molecular weight is 317 g/mol. The van der Waals surface area contributed by atoms with Crippen LogP contribution in [0.5, 0.6) is 0 Å². The minimum absolute atomic E-state index is 0.305. The van der Waals surface area contributed by atoms with Crippen molar-refractivity contribution in [1.82, 2.24) is 4.31 Å². The Morgan fingerprint density at radius 3 is 2.14 bits per heavy atom. The second kappa shape index (κ2) is 7.42. The standard InChI is InChI=1S/C16H32N2O2S/c1-2-18(16(14-17)11-7-4-8-12-16)21(19,20)13-15-9-5-3-6-10-15/h15H,2-14,17H2,1H3. The summed E-state index contributed by atoms with van der Waals surface area (Å²) in [6.45, 7) is 2.99. The molecule has 0 spiro atoms. The van der Waals surface area contributed by atoms with E-state index in [-0.39, 0.29) is 5.54 Å². The molecule has 0 atom stereocenters. The van der Waals surface area contributed by atoms with Gasteiger partial charge < -0.3 is 5.73 Å². The fourth-order valence-electron chi connectivity index (χ4n) is 4.33. The number of likely N-dealkylation sites (N-methyl/N-ethyl adjacent to an activating group) is 1. The molecule has 2 rings (SSSR count). The molecule has 0 unspecified atom stereocenters. The van der Waals surface area contributed by atoms with Crippen LogP contribution in [0, 0.1) is 5.92 Å². The van der Waals surface area contributed by atoms with Gasteiger partial charge in [-0.05, 0) is 31.6 Å². The van der Waals surface area contributed by atoms with E-state index >= 15 is 0 Å². The van der Waals surface area contributed by atoms with Crippen molar-refractivity contribution in [2.45, 2.75) is 76.7 Å². The highest BCUT2D eigenvalue weighted by Crippen LogP contribution is 2.36. The highest BCUT2D eigenvalue weighted by atomic mass is 32.2. The van der Waals surface area contributed by atoms with Crippen molar-refractivity contribution in [3.63, 3.8) is 0 Å². The number of nitrogens with two attached hydrogens (primary N) is 1. The van der Waals surface area contributed by atoms with Crippen LogP contribution in [0.2, 0.25) is 0 Å². The van der Waals surface area contributed by atoms with Crippen molar-refractivity contribution in [1.29, 1.82) is 0 Å². The Morgan fingerprint density at radius 2 is 1.62 bits per heavy atom. The van der Waals surface area contributed by atoms with E-state index in [1.165, 1.54) is 25.7 Å². The van der Waals surface area contributed by atoms with Gasteiger partial charge in [0.25, 0.3) is 0 Å². The molecule has 0 aromatic heterocycles. The first-order valence-electron chi connectivity index (χ1n) is 8.75. The summed E-state index contributed by atoms with van der Waals surface area (Å²) < 4.78 is 27.7. The molecule has 2 fully saturated rings. The molecule has 124 valence electrons. The summed E-state index contributed by atoms with van der Waals surface area (Å²) in [5, 5.41) is 0. The van der Waals surface area contributed by atoms with Gasteiger partial charge in [0.05, 0.1) is 5.75 Å². The molecule has 0 aromatic rings. The van der Waals surface area contributed by atoms with E-state index in [0.29, 0.717) is 24.8 Å². The van der Waals surface area contributed by atoms with E-state index in [0.717, 1.165) is 38.5 Å². The van der Waals surface area contributed by atoms with Crippen molar-refractivity contribution in [2.75, 3.05) is 18.8 Å². The van der Waals surface area contributed by atoms with Crippen LogP contribution in [0.15, 0.2) is 0 Å². The zero-order valence-corrected chi connectivity index (χ0v) is 14.3. The number of hydrogen-bond donors (Lipinski definition) is 1. The quantitative estimate of drug-likeness (QED) is 0.819. The van der Waals surface area contributed by atoms with Crippen molar-refractivity contribution in [3.05, 3.63) is 0 Å². The second-order valence-electron chi connectivity index (χ2n) is 6.94. The Hall–Kier alpha value is -0.130. The summed E-state index contributed by atoms with van der Waals surface area (Å²) in [6.07, 6.45) is 11.1. The normalized spacial score (nSPS) is 24.3. The number of hydrogen-bond acceptors (Lipinski definition) is 3. The Morgan fingerprint density at radius 1 is 1.05 bits per heavy atom. The average Bonchev–Trinajstić information content (AvgIpc) is 2.49. The smallest absolute Gasteiger partial charge is 0.214 e. The number of sulfonamides is 1. The molecule has 0 radical (unpaired) electrons. The summed E-state index contributed by atoms with van der Waals surface area (Å²) in [5.74, 6) is 0.694. The zero-order chi connectivity index (χ0) is 15.3. The fraction of sp³-hybridized carbons (Fsp3) is 1.00. The molecular weight excluding hydrogens is 284 g/mol. The molecule has 0 aromatic carbocycles. The van der Waals surface area contributed by atoms with Gasteiger partial charge in [-0.2, -0.15) is 4.31 Å². The summed E-state index contributed by atoms with van der Waals surface area (Å²) in [7, 11) is -3.19. The lowest BCUT2D eigenvalue weighted by molar-refractivity contribution is 0.140. The van der Waals surface area contributed by atoms with E-state index in [4.69, 9.17) is 5.73 Å². The summed E-state index contributed by atoms with van der Waals surface area (Å²) in [4.78, 5) is 0. The molecule has 5 heteroatoms. The van der Waals surface area contributed by atoms with Gasteiger partial charge in [0, 0.05) is 18.6 Å². The molecular formula is C16H32N2O2S. The van der Waals surface area contributed by atoms with Crippen molar-refractivity contribution < 1.29 is 8.42 Å². The zero-order valence-electron chi connectivity index (χ0n) is 13.5. The third kappa shape index (κ3) is 3.99. The largest absolute Gasteiger partial charge is 0.329 e. The van der Waals surface area contributed by atoms with E-state index in [9.17, 15) is 8.42 Å². The molecule has 0 heterocycles. The lowest BCUT2D eigenvalue weighted by atomic mass is 9.81. The molecule has 2 saturated carbocycles. The van der Waals surface area contributed by atoms with Crippen LogP contribution < -0.4 is 5.73 Å². The molecule has 2 N–H and O–H groups in total. The minimum Gasteiger partial charge on any atom is -0.329 e. The Bertz CT molecular complexity index is 410. The lowest BCUT2D eigenvalue weighted by Gasteiger charge is -2.45. The Labute approximate surface area is 130 Å². The minimum atomic E-state index is -3.19. The molecule has 4 nitrogen and oxygen atoms in total. The van der Waals surface area contributed by atoms with Crippen molar-refractivity contribution in [3.8, 4) is 0 Å². The van der Waals surface area contributed by atoms with Crippen LogP contribution in [0.3, 0.4) is 0 Å². The van der Waals surface area contributed by atoms with Crippen LogP contribution in [-0.2, 0) is 10.0 Å². The maximum Gasteiger partial charge on any atom is 0.214 e. The van der Waals surface area contributed by atoms with E-state index in [1.807, 2.05) is 6.92 Å². The van der Waals surface area contributed by atoms with Crippen LogP contribution in [0.1, 0.15) is 71.1 Å². The molecule has 0 amide bonds. The fourth-order valence-corrected chi connectivity index (χ4v) is 6.68. The molecule has 21 heavy (non-hydrogen) atoms. The van der Waals surface area contributed by atoms with Gasteiger partial charge in [0.15, 0.2) is 0 Å². The summed E-state index contributed by atoms with van der Waals surface area (Å²) in [5.41, 5.74) is 5.73. The maximum atomic E-state index is 13.0. The summed E-state index contributed by atoms with van der Waals surface area (Å²) >= 11 is 0. The lowest BCUT2D eigenvalue weighted by Crippen LogP contribution is -2.58. The monoisotopic (exact) mass is 316 g/mol. The first-order valence-corrected chi connectivity index (χ1v) is 10.4. The van der Waals surface area contributed by atoms with Crippen molar-refractivity contribution >= 4 is 10.0 Å². The van der Waals surface area contributed by atoms with Crippen LogP contribution >= 0.6 is 0 Å². The van der Waals surface area contributed by atoms with Crippen LogP contribution in [0.25, 0.3) is 0 Å². The predicted molar refractivity (Wildman–Crippen MR) is 87.6 cm³/mol. The van der Waals surface area contributed by atoms with E-state index < -0.39 is 10.0 Å². The third-order valence-corrected chi connectivity index (χ3v) is 7.70. The van der Waals surface area contributed by atoms with Gasteiger partial charge in [0.2, 0.25) is 10.0 Å². The highest BCUT2D eigenvalue weighted by molar-refractivity contribution is 7.89. The third-order valence-electron chi connectivity index (χ3n) is 5.49. The van der Waals surface area contributed by atoms with Gasteiger partial charge in [-0.25, -0.2) is 8.42 Å². The molecule has 0 bridgehead atoms.